The maximum Gasteiger partial charge on any atom is 0.410 e. The Morgan fingerprint density at radius 3 is 2.43 bits per heavy atom. The summed E-state index contributed by atoms with van der Waals surface area (Å²) in [6.45, 7) is 14.7. The van der Waals surface area contributed by atoms with Crippen molar-refractivity contribution >= 4 is 18.1 Å². The lowest BCUT2D eigenvalue weighted by Crippen LogP contribution is -2.36. The van der Waals surface area contributed by atoms with E-state index in [0.717, 1.165) is 13.0 Å². The summed E-state index contributed by atoms with van der Waals surface area (Å²) in [5, 5.41) is 0. The van der Waals surface area contributed by atoms with Crippen LogP contribution in [0.2, 0.25) is 0 Å². The highest BCUT2D eigenvalue weighted by molar-refractivity contribution is 5.91. The van der Waals surface area contributed by atoms with Gasteiger partial charge in [0.1, 0.15) is 17.3 Å². The largest absolute Gasteiger partial charge is 0.481 e. The summed E-state index contributed by atoms with van der Waals surface area (Å²) >= 11 is 0. The second-order valence-corrected chi connectivity index (χ2v) is 9.50. The zero-order chi connectivity index (χ0) is 22.5. The van der Waals surface area contributed by atoms with Crippen LogP contribution in [0, 0.1) is 0 Å². The van der Waals surface area contributed by atoms with E-state index < -0.39 is 17.2 Å². The van der Waals surface area contributed by atoms with Gasteiger partial charge in [0.05, 0.1) is 18.6 Å². The van der Waals surface area contributed by atoms with Crippen LogP contribution < -0.4 is 0 Å². The van der Waals surface area contributed by atoms with E-state index in [2.05, 4.69) is 11.9 Å². The van der Waals surface area contributed by atoms with Gasteiger partial charge in [0.25, 0.3) is 0 Å². The molecule has 0 spiro atoms. The number of carbonyl (C=O) groups is 2. The third-order valence-electron chi connectivity index (χ3n) is 4.10. The Labute approximate surface area is 179 Å². The first-order valence-corrected chi connectivity index (χ1v) is 10.5. The molecule has 1 fully saturated rings. The van der Waals surface area contributed by atoms with Crippen molar-refractivity contribution in [3.63, 3.8) is 0 Å². The number of hydrogen-bond donors (Lipinski definition) is 0. The molecule has 1 atom stereocenters. The van der Waals surface area contributed by atoms with E-state index in [9.17, 15) is 9.59 Å². The van der Waals surface area contributed by atoms with Crippen molar-refractivity contribution in [3.8, 4) is 0 Å². The van der Waals surface area contributed by atoms with Crippen LogP contribution in [0.15, 0.2) is 18.3 Å². The van der Waals surface area contributed by atoms with Crippen molar-refractivity contribution in [2.45, 2.75) is 85.2 Å². The van der Waals surface area contributed by atoms with Crippen LogP contribution in [0.5, 0.6) is 0 Å². The topological polar surface area (TPSA) is 82.9 Å². The fraction of sp³-hybridized carbons (Fsp3) is 0.682. The van der Waals surface area contributed by atoms with E-state index in [0.29, 0.717) is 25.2 Å². The number of imidazole rings is 1. The highest BCUT2D eigenvalue weighted by Gasteiger charge is 2.33. The SMILES string of the molecule is CCCn1cnc(/C=C(\OC2CCN(C(=O)OC(C)(C)C)C2)C(=O)OC(C)(C)C)c1. The molecule has 1 aliphatic rings. The Morgan fingerprint density at radius 2 is 1.83 bits per heavy atom. The number of nitrogens with zero attached hydrogens (tertiary/aromatic N) is 3. The monoisotopic (exact) mass is 421 g/mol. The van der Waals surface area contributed by atoms with Crippen LogP contribution in [0.1, 0.15) is 67.0 Å². The Bertz CT molecular complexity index is 770. The normalized spacial score (nSPS) is 17.8. The molecule has 2 heterocycles. The van der Waals surface area contributed by atoms with Gasteiger partial charge in [0.15, 0.2) is 0 Å². The molecule has 0 aromatic carbocycles. The summed E-state index contributed by atoms with van der Waals surface area (Å²) in [5.74, 6) is -0.467. The van der Waals surface area contributed by atoms with Crippen molar-refractivity contribution in [3.05, 3.63) is 24.0 Å². The lowest BCUT2D eigenvalue weighted by molar-refractivity contribution is -0.154. The lowest BCUT2D eigenvalue weighted by atomic mass is 10.2. The summed E-state index contributed by atoms with van der Waals surface area (Å²) in [5.41, 5.74) is -0.597. The minimum atomic E-state index is -0.653. The zero-order valence-electron chi connectivity index (χ0n) is 19.2. The minimum Gasteiger partial charge on any atom is -0.481 e. The summed E-state index contributed by atoms with van der Waals surface area (Å²) in [4.78, 5) is 31.0. The van der Waals surface area contributed by atoms with Gasteiger partial charge in [-0.15, -0.1) is 0 Å². The third-order valence-corrected chi connectivity index (χ3v) is 4.10. The molecule has 8 heteroatoms. The molecule has 1 aliphatic heterocycles. The van der Waals surface area contributed by atoms with Crippen LogP contribution in [0.3, 0.4) is 0 Å². The molecular weight excluding hydrogens is 386 g/mol. The Kier molecular flexibility index (Phi) is 7.55. The average molecular weight is 422 g/mol. The third kappa shape index (κ3) is 7.72. The highest BCUT2D eigenvalue weighted by atomic mass is 16.6. The molecule has 0 N–H and O–H groups in total. The zero-order valence-corrected chi connectivity index (χ0v) is 19.2. The number of aryl methyl sites for hydroxylation is 1. The fourth-order valence-electron chi connectivity index (χ4n) is 2.93. The quantitative estimate of drug-likeness (QED) is 0.392. The number of rotatable bonds is 6. The van der Waals surface area contributed by atoms with Gasteiger partial charge in [-0.05, 0) is 48.0 Å². The summed E-state index contributed by atoms with van der Waals surface area (Å²) in [6, 6.07) is 0. The molecule has 0 radical (unpaired) electrons. The molecule has 168 valence electrons. The lowest BCUT2D eigenvalue weighted by Gasteiger charge is -2.25. The summed E-state index contributed by atoms with van der Waals surface area (Å²) < 4.78 is 18.9. The number of hydrogen-bond acceptors (Lipinski definition) is 6. The van der Waals surface area contributed by atoms with Crippen molar-refractivity contribution in [2.75, 3.05) is 13.1 Å². The van der Waals surface area contributed by atoms with Crippen LogP contribution >= 0.6 is 0 Å². The van der Waals surface area contributed by atoms with Crippen molar-refractivity contribution in [2.24, 2.45) is 0 Å². The first-order valence-electron chi connectivity index (χ1n) is 10.5. The number of likely N-dealkylation sites (tertiary alicyclic amines) is 1. The maximum absolute atomic E-state index is 12.7. The second kappa shape index (κ2) is 9.53. The average Bonchev–Trinajstić information content (AvgIpc) is 3.21. The second-order valence-electron chi connectivity index (χ2n) is 9.50. The van der Waals surface area contributed by atoms with Crippen LogP contribution in [0.4, 0.5) is 4.79 Å². The van der Waals surface area contributed by atoms with Gasteiger partial charge in [0, 0.05) is 31.8 Å². The minimum absolute atomic E-state index is 0.0858. The Balaban J connectivity index is 2.12. The van der Waals surface area contributed by atoms with E-state index in [1.807, 2.05) is 31.5 Å². The Hall–Kier alpha value is -2.51. The van der Waals surface area contributed by atoms with Crippen LogP contribution in [-0.2, 0) is 25.5 Å². The first-order chi connectivity index (χ1) is 13.9. The molecule has 0 saturated carbocycles. The van der Waals surface area contributed by atoms with Gasteiger partial charge in [-0.25, -0.2) is 14.6 Å². The summed E-state index contributed by atoms with van der Waals surface area (Å²) in [7, 11) is 0. The molecule has 1 saturated heterocycles. The van der Waals surface area contributed by atoms with Crippen molar-refractivity contribution < 1.29 is 23.8 Å². The molecule has 0 aliphatic carbocycles. The fourth-order valence-corrected chi connectivity index (χ4v) is 2.93. The molecule has 1 unspecified atom stereocenters. The summed E-state index contributed by atoms with van der Waals surface area (Å²) in [6.07, 6.45) is 6.06. The van der Waals surface area contributed by atoms with Crippen LogP contribution in [-0.4, -0.2) is 56.9 Å². The van der Waals surface area contributed by atoms with Gasteiger partial charge in [0.2, 0.25) is 5.76 Å². The van der Waals surface area contributed by atoms with E-state index in [1.165, 1.54) is 0 Å². The first kappa shape index (κ1) is 23.8. The molecule has 8 nitrogen and oxygen atoms in total. The number of aromatic nitrogens is 2. The van der Waals surface area contributed by atoms with Crippen molar-refractivity contribution in [1.29, 1.82) is 0 Å². The number of esters is 1. The number of carbonyl (C=O) groups excluding carboxylic acids is 2. The molecular formula is C22H35N3O5. The van der Waals surface area contributed by atoms with E-state index >= 15 is 0 Å². The predicted molar refractivity (Wildman–Crippen MR) is 114 cm³/mol. The predicted octanol–water partition coefficient (Wildman–Crippen LogP) is 4.00. The van der Waals surface area contributed by atoms with Gasteiger partial charge in [-0.1, -0.05) is 6.92 Å². The van der Waals surface area contributed by atoms with E-state index in [1.54, 1.807) is 38.1 Å². The van der Waals surface area contributed by atoms with Gasteiger partial charge < -0.3 is 23.7 Å². The van der Waals surface area contributed by atoms with Gasteiger partial charge in [-0.2, -0.15) is 0 Å². The highest BCUT2D eigenvalue weighted by Crippen LogP contribution is 2.22. The molecule has 1 aromatic heterocycles. The number of ether oxygens (including phenoxy) is 3. The smallest absolute Gasteiger partial charge is 0.410 e. The standard InChI is InChI=1S/C22H35N3O5/c1-8-10-24-13-16(23-15-24)12-18(19(26)29-21(2,3)4)28-17-9-11-25(14-17)20(27)30-22(5,6)7/h12-13,15,17H,8-11,14H2,1-7H3/b18-12-. The molecule has 30 heavy (non-hydrogen) atoms. The Morgan fingerprint density at radius 1 is 1.17 bits per heavy atom. The molecule has 1 amide bonds. The molecule has 1 aromatic rings. The van der Waals surface area contributed by atoms with Gasteiger partial charge >= 0.3 is 12.1 Å². The maximum atomic E-state index is 12.7. The number of amides is 1. The van der Waals surface area contributed by atoms with E-state index in [-0.39, 0.29) is 18.0 Å². The van der Waals surface area contributed by atoms with E-state index in [4.69, 9.17) is 14.2 Å². The van der Waals surface area contributed by atoms with Crippen molar-refractivity contribution in [1.82, 2.24) is 14.5 Å². The van der Waals surface area contributed by atoms with Gasteiger partial charge in [-0.3, -0.25) is 0 Å². The molecule has 0 bridgehead atoms. The van der Waals surface area contributed by atoms with Crippen LogP contribution in [0.25, 0.3) is 6.08 Å². The molecule has 2 rings (SSSR count).